The number of ether oxygens (including phenoxy) is 1. The van der Waals surface area contributed by atoms with Crippen LogP contribution in [-0.2, 0) is 22.6 Å². The zero-order valence-corrected chi connectivity index (χ0v) is 23.4. The lowest BCUT2D eigenvalue weighted by molar-refractivity contribution is -0.137. The van der Waals surface area contributed by atoms with Crippen LogP contribution in [0.25, 0.3) is 0 Å². The maximum atomic E-state index is 12.3. The molecule has 1 unspecified atom stereocenters. The van der Waals surface area contributed by atoms with Crippen molar-refractivity contribution in [1.29, 1.82) is 0 Å². The van der Waals surface area contributed by atoms with E-state index in [4.69, 9.17) is 9.84 Å². The first-order chi connectivity index (χ1) is 17.2. The second-order valence-corrected chi connectivity index (χ2v) is 10.4. The van der Waals surface area contributed by atoms with Gasteiger partial charge >= 0.3 is 11.7 Å². The van der Waals surface area contributed by atoms with Crippen molar-refractivity contribution < 1.29 is 19.7 Å². The van der Waals surface area contributed by atoms with Gasteiger partial charge in [0.05, 0.1) is 6.20 Å². The van der Waals surface area contributed by atoms with Gasteiger partial charge in [0.1, 0.15) is 0 Å². The highest BCUT2D eigenvalue weighted by Gasteiger charge is 2.26. The molecule has 0 spiro atoms. The van der Waals surface area contributed by atoms with Crippen molar-refractivity contribution in [2.45, 2.75) is 124 Å². The number of unbranched alkanes of at least 4 members (excludes halogenated alkanes) is 2. The quantitative estimate of drug-likeness (QED) is 0.133. The van der Waals surface area contributed by atoms with Gasteiger partial charge in [-0.2, -0.15) is 0 Å². The molecule has 1 aromatic heterocycles. The third-order valence-corrected chi connectivity index (χ3v) is 8.39. The third-order valence-electron chi connectivity index (χ3n) is 8.39. The van der Waals surface area contributed by atoms with Crippen LogP contribution in [0.3, 0.4) is 0 Å². The van der Waals surface area contributed by atoms with E-state index in [1.165, 1.54) is 10.8 Å². The molecular weight excluding hydrogens is 456 g/mol. The van der Waals surface area contributed by atoms with Crippen molar-refractivity contribution in [2.75, 3.05) is 13.2 Å². The minimum absolute atomic E-state index is 0.0581. The van der Waals surface area contributed by atoms with Crippen LogP contribution in [0.5, 0.6) is 5.88 Å². The van der Waals surface area contributed by atoms with Crippen molar-refractivity contribution in [1.82, 2.24) is 9.13 Å². The number of nitrogens with zero attached hydrogens (tertiary/aromatic N) is 2. The molecule has 7 heteroatoms. The zero-order valence-electron chi connectivity index (χ0n) is 23.4. The molecule has 208 valence electrons. The number of carbonyl (C=O) groups is 1. The number of aromatic nitrogens is 2. The number of imidazole rings is 1. The molecule has 0 aromatic carbocycles. The summed E-state index contributed by atoms with van der Waals surface area (Å²) < 4.78 is 8.91. The molecule has 0 amide bonds. The van der Waals surface area contributed by atoms with Crippen LogP contribution in [0, 0.1) is 10.8 Å². The first-order valence-electron chi connectivity index (χ1n) is 14.1. The number of hydrogen-bond acceptors (Lipinski definition) is 4. The summed E-state index contributed by atoms with van der Waals surface area (Å²) in [7, 11) is 0. The summed E-state index contributed by atoms with van der Waals surface area (Å²) in [4.78, 5) is 23.3. The number of aliphatic carboxylic acids is 1. The van der Waals surface area contributed by atoms with Gasteiger partial charge in [0.2, 0.25) is 5.88 Å². The molecule has 2 N–H and O–H groups in total. The van der Waals surface area contributed by atoms with E-state index < -0.39 is 5.97 Å². The second kappa shape index (κ2) is 16.7. The SMILES string of the molecule is C=CC(CC)(CCCCOCCCCC(CC)(CC)CCCn1c(O)cn(CC)c1=O)CCC(=O)O. The number of aromatic hydroxyl groups is 1. The Morgan fingerprint density at radius 2 is 1.58 bits per heavy atom. The predicted molar refractivity (Wildman–Crippen MR) is 147 cm³/mol. The number of hydrogen-bond donors (Lipinski definition) is 2. The van der Waals surface area contributed by atoms with Crippen LogP contribution in [0.1, 0.15) is 111 Å². The lowest BCUT2D eigenvalue weighted by atomic mass is 9.74. The summed E-state index contributed by atoms with van der Waals surface area (Å²) in [6, 6.07) is 0. The fourth-order valence-electron chi connectivity index (χ4n) is 5.32. The van der Waals surface area contributed by atoms with Gasteiger partial charge in [0, 0.05) is 32.7 Å². The second-order valence-electron chi connectivity index (χ2n) is 10.4. The molecule has 1 atom stereocenters. The van der Waals surface area contributed by atoms with Gasteiger partial charge in [-0.05, 0) is 69.1 Å². The number of aryl methyl sites for hydroxylation is 1. The largest absolute Gasteiger partial charge is 0.493 e. The van der Waals surface area contributed by atoms with Crippen molar-refractivity contribution >= 4 is 5.97 Å². The van der Waals surface area contributed by atoms with Gasteiger partial charge in [-0.15, -0.1) is 6.58 Å². The molecule has 0 fully saturated rings. The molecule has 1 rings (SSSR count). The summed E-state index contributed by atoms with van der Waals surface area (Å²) in [6.07, 6.45) is 15.7. The fraction of sp³-hybridized carbons (Fsp3) is 0.793. The highest BCUT2D eigenvalue weighted by Crippen LogP contribution is 2.38. The number of allylic oxidation sites excluding steroid dienone is 1. The first kappa shape index (κ1) is 32.0. The molecule has 7 nitrogen and oxygen atoms in total. The van der Waals surface area contributed by atoms with Gasteiger partial charge in [0.25, 0.3) is 0 Å². The summed E-state index contributed by atoms with van der Waals surface area (Å²) in [5.74, 6) is -0.683. The smallest absolute Gasteiger partial charge is 0.331 e. The molecule has 1 aromatic rings. The third kappa shape index (κ3) is 10.2. The predicted octanol–water partition coefficient (Wildman–Crippen LogP) is 6.77. The Kier molecular flexibility index (Phi) is 14.8. The van der Waals surface area contributed by atoms with E-state index in [2.05, 4.69) is 27.4 Å². The highest BCUT2D eigenvalue weighted by atomic mass is 16.5. The van der Waals surface area contributed by atoms with E-state index >= 15 is 0 Å². The highest BCUT2D eigenvalue weighted by molar-refractivity contribution is 5.66. The van der Waals surface area contributed by atoms with E-state index in [1.54, 1.807) is 4.57 Å². The molecule has 0 aliphatic carbocycles. The van der Waals surface area contributed by atoms with Crippen LogP contribution in [0.15, 0.2) is 23.6 Å². The summed E-state index contributed by atoms with van der Waals surface area (Å²) in [5, 5.41) is 19.1. The lowest BCUT2D eigenvalue weighted by Gasteiger charge is -2.32. The minimum Gasteiger partial charge on any atom is -0.493 e. The maximum Gasteiger partial charge on any atom is 0.331 e. The van der Waals surface area contributed by atoms with Crippen LogP contribution < -0.4 is 5.69 Å². The minimum atomic E-state index is -0.741. The monoisotopic (exact) mass is 508 g/mol. The van der Waals surface area contributed by atoms with E-state index in [1.807, 2.05) is 13.0 Å². The van der Waals surface area contributed by atoms with E-state index in [0.29, 0.717) is 19.5 Å². The molecule has 0 saturated carbocycles. The zero-order chi connectivity index (χ0) is 27.0. The molecule has 0 radical (unpaired) electrons. The van der Waals surface area contributed by atoms with Crippen molar-refractivity contribution in [3.05, 3.63) is 29.3 Å². The Hall–Kier alpha value is -2.02. The normalized spacial score (nSPS) is 13.6. The Labute approximate surface area is 218 Å². The van der Waals surface area contributed by atoms with Crippen LogP contribution in [0.4, 0.5) is 0 Å². The summed E-state index contributed by atoms with van der Waals surface area (Å²) >= 11 is 0. The number of carboxylic acids is 1. The van der Waals surface area contributed by atoms with E-state index in [0.717, 1.165) is 83.8 Å². The molecule has 0 aliphatic rings. The summed E-state index contributed by atoms with van der Waals surface area (Å²) in [5.41, 5.74) is 0.0708. The molecule has 0 bridgehead atoms. The Balaban J connectivity index is 2.30. The van der Waals surface area contributed by atoms with Gasteiger partial charge in [-0.25, -0.2) is 4.79 Å². The van der Waals surface area contributed by atoms with Gasteiger partial charge in [0.15, 0.2) is 0 Å². The summed E-state index contributed by atoms with van der Waals surface area (Å²) in [6.45, 7) is 15.1. The Bertz CT molecular complexity index is 824. The average molecular weight is 509 g/mol. The van der Waals surface area contributed by atoms with E-state index in [9.17, 15) is 14.7 Å². The maximum absolute atomic E-state index is 12.3. The van der Waals surface area contributed by atoms with Crippen molar-refractivity contribution in [2.24, 2.45) is 10.8 Å². The molecule has 36 heavy (non-hydrogen) atoms. The first-order valence-corrected chi connectivity index (χ1v) is 14.1. The van der Waals surface area contributed by atoms with Crippen LogP contribution in [-0.4, -0.2) is 38.5 Å². The number of rotatable bonds is 22. The Morgan fingerprint density at radius 3 is 2.08 bits per heavy atom. The topological polar surface area (TPSA) is 93.7 Å². The molecule has 1 heterocycles. The van der Waals surface area contributed by atoms with Gasteiger partial charge < -0.3 is 14.9 Å². The average Bonchev–Trinajstić information content (AvgIpc) is 3.16. The Morgan fingerprint density at radius 1 is 0.972 bits per heavy atom. The van der Waals surface area contributed by atoms with E-state index in [-0.39, 0.29) is 28.8 Å². The van der Waals surface area contributed by atoms with Crippen LogP contribution >= 0.6 is 0 Å². The van der Waals surface area contributed by atoms with Gasteiger partial charge in [-0.1, -0.05) is 52.5 Å². The number of carboxylic acid groups (broad SMARTS) is 1. The molecular formula is C29H52N2O5. The fourth-order valence-corrected chi connectivity index (χ4v) is 5.32. The molecule has 0 saturated heterocycles. The van der Waals surface area contributed by atoms with Crippen molar-refractivity contribution in [3.63, 3.8) is 0 Å². The lowest BCUT2D eigenvalue weighted by Crippen LogP contribution is -2.25. The van der Waals surface area contributed by atoms with Crippen LogP contribution in [0.2, 0.25) is 0 Å². The van der Waals surface area contributed by atoms with Gasteiger partial charge in [-0.3, -0.25) is 13.9 Å². The standard InChI is InChI=1S/C29H52N2O5/c1-6-28(7-2,19-15-21-31-25(32)24-30(10-5)27(31)35)17-11-13-22-36-23-14-12-18-29(8-3,9-4)20-16-26(33)34/h8,24,32H,3,6-7,9-23H2,1-2,4-5H3,(H,33,34). The molecule has 0 aliphatic heterocycles. The van der Waals surface area contributed by atoms with Crippen molar-refractivity contribution in [3.8, 4) is 5.88 Å².